The Morgan fingerprint density at radius 3 is 2.21 bits per heavy atom. The molecule has 2 N–H and O–H groups in total. The molecule has 102 valence electrons. The van der Waals surface area contributed by atoms with Gasteiger partial charge in [0.1, 0.15) is 5.75 Å². The van der Waals surface area contributed by atoms with Gasteiger partial charge in [-0.1, -0.05) is 0 Å². The van der Waals surface area contributed by atoms with Crippen LogP contribution in [0.5, 0.6) is 17.2 Å². The fraction of sp³-hybridized carbons (Fsp3) is 0.167. The van der Waals surface area contributed by atoms with Crippen LogP contribution in [0.3, 0.4) is 0 Å². The standard InChI is InChI=1S/C12H10Br3NO3/c1-18-5-3-6(11(17)7(4-5)19-2)10-8(13)9(14)12(15)16-10/h3-4,16-17H,1-2H3. The van der Waals surface area contributed by atoms with Gasteiger partial charge in [0.05, 0.1) is 33.5 Å². The van der Waals surface area contributed by atoms with Gasteiger partial charge < -0.3 is 19.6 Å². The van der Waals surface area contributed by atoms with Crippen molar-refractivity contribution in [2.24, 2.45) is 0 Å². The smallest absolute Gasteiger partial charge is 0.167 e. The molecular formula is C12H10Br3NO3. The topological polar surface area (TPSA) is 54.5 Å². The SMILES string of the molecule is COc1cc(OC)c(O)c(-c2[nH]c(Br)c(Br)c2Br)c1. The number of aromatic amines is 1. The van der Waals surface area contributed by atoms with Crippen molar-refractivity contribution in [3.63, 3.8) is 0 Å². The van der Waals surface area contributed by atoms with Gasteiger partial charge in [0.25, 0.3) is 0 Å². The molecule has 0 unspecified atom stereocenters. The number of phenols is 1. The minimum absolute atomic E-state index is 0.0465. The highest BCUT2D eigenvalue weighted by atomic mass is 79.9. The highest BCUT2D eigenvalue weighted by molar-refractivity contribution is 9.14. The largest absolute Gasteiger partial charge is 0.504 e. The molecular weight excluding hydrogens is 446 g/mol. The van der Waals surface area contributed by atoms with Crippen LogP contribution in [-0.2, 0) is 0 Å². The number of phenolic OH excluding ortho intramolecular Hbond substituents is 1. The summed E-state index contributed by atoms with van der Waals surface area (Å²) in [5.41, 5.74) is 1.29. The normalized spacial score (nSPS) is 10.6. The molecule has 0 amide bonds. The molecule has 0 saturated carbocycles. The second kappa shape index (κ2) is 5.76. The number of H-pyrrole nitrogens is 1. The fourth-order valence-electron chi connectivity index (χ4n) is 1.66. The molecule has 0 fully saturated rings. The summed E-state index contributed by atoms with van der Waals surface area (Å²) in [6.45, 7) is 0. The molecule has 0 aliphatic carbocycles. The van der Waals surface area contributed by atoms with Gasteiger partial charge in [-0.05, 0) is 53.9 Å². The summed E-state index contributed by atoms with van der Waals surface area (Å²) in [6.07, 6.45) is 0. The fourth-order valence-corrected chi connectivity index (χ4v) is 3.13. The van der Waals surface area contributed by atoms with Crippen LogP contribution in [-0.4, -0.2) is 24.3 Å². The Kier molecular flexibility index (Phi) is 4.47. The Hall–Kier alpha value is -0.660. The maximum absolute atomic E-state index is 10.2. The lowest BCUT2D eigenvalue weighted by Gasteiger charge is -2.11. The van der Waals surface area contributed by atoms with E-state index in [4.69, 9.17) is 9.47 Å². The van der Waals surface area contributed by atoms with Gasteiger partial charge >= 0.3 is 0 Å². The predicted octanol–water partition coefficient (Wildman–Crippen LogP) is 4.69. The second-order valence-corrected chi connectivity index (χ2v) is 6.05. The second-order valence-electron chi connectivity index (χ2n) is 3.67. The summed E-state index contributed by atoms with van der Waals surface area (Å²) in [4.78, 5) is 3.12. The molecule has 19 heavy (non-hydrogen) atoms. The first kappa shape index (κ1) is 14.7. The minimum Gasteiger partial charge on any atom is -0.504 e. The van der Waals surface area contributed by atoms with Crippen molar-refractivity contribution in [3.05, 3.63) is 25.7 Å². The summed E-state index contributed by atoms with van der Waals surface area (Å²) in [7, 11) is 3.05. The van der Waals surface area contributed by atoms with Crippen molar-refractivity contribution < 1.29 is 14.6 Å². The lowest BCUT2D eigenvalue weighted by atomic mass is 10.1. The van der Waals surface area contributed by atoms with Crippen LogP contribution in [0.1, 0.15) is 0 Å². The van der Waals surface area contributed by atoms with Gasteiger partial charge in [0, 0.05) is 11.6 Å². The van der Waals surface area contributed by atoms with E-state index in [-0.39, 0.29) is 5.75 Å². The van der Waals surface area contributed by atoms with Crippen molar-refractivity contribution in [1.82, 2.24) is 4.98 Å². The molecule has 0 bridgehead atoms. The van der Waals surface area contributed by atoms with Crippen LogP contribution in [0.15, 0.2) is 25.7 Å². The third-order valence-corrected chi connectivity index (χ3v) is 5.86. The van der Waals surface area contributed by atoms with Crippen LogP contribution in [0, 0.1) is 0 Å². The Bertz CT molecular complexity index is 625. The van der Waals surface area contributed by atoms with E-state index in [1.807, 2.05) is 0 Å². The number of methoxy groups -OCH3 is 2. The molecule has 1 heterocycles. The zero-order chi connectivity index (χ0) is 14.2. The summed E-state index contributed by atoms with van der Waals surface area (Å²) in [6, 6.07) is 3.35. The average molecular weight is 456 g/mol. The summed E-state index contributed by atoms with van der Waals surface area (Å²) < 4.78 is 12.8. The van der Waals surface area contributed by atoms with E-state index < -0.39 is 0 Å². The average Bonchev–Trinajstić information content (AvgIpc) is 2.67. The summed E-state index contributed by atoms with van der Waals surface area (Å²) >= 11 is 10.3. The molecule has 7 heteroatoms. The summed E-state index contributed by atoms with van der Waals surface area (Å²) in [5, 5.41) is 10.2. The van der Waals surface area contributed by atoms with Crippen molar-refractivity contribution in [2.75, 3.05) is 14.2 Å². The monoisotopic (exact) mass is 453 g/mol. The first-order valence-electron chi connectivity index (χ1n) is 5.17. The molecule has 1 aromatic carbocycles. The van der Waals surface area contributed by atoms with Gasteiger partial charge in [-0.25, -0.2) is 0 Å². The number of hydrogen-bond acceptors (Lipinski definition) is 3. The van der Waals surface area contributed by atoms with Crippen molar-refractivity contribution in [1.29, 1.82) is 0 Å². The molecule has 1 aromatic heterocycles. The molecule has 0 atom stereocenters. The van der Waals surface area contributed by atoms with E-state index in [1.54, 1.807) is 19.2 Å². The van der Waals surface area contributed by atoms with Crippen molar-refractivity contribution in [3.8, 4) is 28.5 Å². The third-order valence-electron chi connectivity index (χ3n) is 2.61. The Balaban J connectivity index is 2.70. The first-order valence-corrected chi connectivity index (χ1v) is 7.55. The molecule has 2 rings (SSSR count). The lowest BCUT2D eigenvalue weighted by Crippen LogP contribution is -1.91. The predicted molar refractivity (Wildman–Crippen MR) is 84.1 cm³/mol. The van der Waals surface area contributed by atoms with E-state index in [0.717, 1.165) is 13.5 Å². The van der Waals surface area contributed by atoms with E-state index in [1.165, 1.54) is 7.11 Å². The maximum Gasteiger partial charge on any atom is 0.167 e. The van der Waals surface area contributed by atoms with Crippen LogP contribution >= 0.6 is 47.8 Å². The number of rotatable bonds is 3. The molecule has 0 saturated heterocycles. The molecule has 0 aliphatic rings. The number of aromatic hydroxyl groups is 1. The Morgan fingerprint density at radius 1 is 1.05 bits per heavy atom. The van der Waals surface area contributed by atoms with E-state index in [9.17, 15) is 5.11 Å². The Morgan fingerprint density at radius 2 is 1.74 bits per heavy atom. The van der Waals surface area contributed by atoms with Crippen LogP contribution in [0.4, 0.5) is 0 Å². The molecule has 4 nitrogen and oxygen atoms in total. The Labute approximate surface area is 135 Å². The lowest BCUT2D eigenvalue weighted by molar-refractivity contribution is 0.365. The van der Waals surface area contributed by atoms with Crippen LogP contribution in [0.25, 0.3) is 11.3 Å². The number of hydrogen-bond donors (Lipinski definition) is 2. The number of aromatic nitrogens is 1. The zero-order valence-electron chi connectivity index (χ0n) is 10.1. The van der Waals surface area contributed by atoms with Gasteiger partial charge in [-0.3, -0.25) is 0 Å². The van der Waals surface area contributed by atoms with Gasteiger partial charge in [0.15, 0.2) is 11.5 Å². The number of nitrogens with one attached hydrogen (secondary N) is 1. The van der Waals surface area contributed by atoms with E-state index in [0.29, 0.717) is 22.8 Å². The van der Waals surface area contributed by atoms with Crippen molar-refractivity contribution in [2.45, 2.75) is 0 Å². The number of halogens is 3. The molecule has 0 aliphatic heterocycles. The maximum atomic E-state index is 10.2. The summed E-state index contributed by atoms with van der Waals surface area (Å²) in [5.74, 6) is 0.992. The first-order chi connectivity index (χ1) is 8.99. The van der Waals surface area contributed by atoms with Crippen LogP contribution in [0.2, 0.25) is 0 Å². The van der Waals surface area contributed by atoms with Gasteiger partial charge in [-0.15, -0.1) is 0 Å². The molecule has 2 aromatic rings. The minimum atomic E-state index is 0.0465. The van der Waals surface area contributed by atoms with E-state index >= 15 is 0 Å². The van der Waals surface area contributed by atoms with Gasteiger partial charge in [-0.2, -0.15) is 0 Å². The zero-order valence-corrected chi connectivity index (χ0v) is 14.8. The molecule has 0 spiro atoms. The number of ether oxygens (including phenoxy) is 2. The highest BCUT2D eigenvalue weighted by Gasteiger charge is 2.19. The van der Waals surface area contributed by atoms with Gasteiger partial charge in [0.2, 0.25) is 0 Å². The number of benzene rings is 1. The quantitative estimate of drug-likeness (QED) is 0.705. The van der Waals surface area contributed by atoms with Crippen molar-refractivity contribution >= 4 is 47.8 Å². The highest BCUT2D eigenvalue weighted by Crippen LogP contribution is 2.46. The van der Waals surface area contributed by atoms with Crippen LogP contribution < -0.4 is 9.47 Å². The third kappa shape index (κ3) is 2.64. The van der Waals surface area contributed by atoms with E-state index in [2.05, 4.69) is 52.8 Å². The molecule has 0 radical (unpaired) electrons.